The third-order valence-corrected chi connectivity index (χ3v) is 3.35. The van der Waals surface area contributed by atoms with Gasteiger partial charge in [0, 0.05) is 11.6 Å². The first-order valence-corrected chi connectivity index (χ1v) is 6.52. The monoisotopic (exact) mass is 280 g/mol. The molecule has 104 valence electrons. The zero-order valence-electron chi connectivity index (χ0n) is 11.1. The maximum Gasteiger partial charge on any atom is 0.134 e. The number of hydrogen-bond donors (Lipinski definition) is 2. The first-order valence-electron chi connectivity index (χ1n) is 6.52. The summed E-state index contributed by atoms with van der Waals surface area (Å²) in [6.45, 7) is 0. The Morgan fingerprint density at radius 1 is 0.571 bits per heavy atom. The maximum atomic E-state index is 13.8. The molecule has 0 spiro atoms. The second-order valence-electron chi connectivity index (χ2n) is 4.79. The van der Waals surface area contributed by atoms with Crippen LogP contribution in [0.15, 0.2) is 66.7 Å². The van der Waals surface area contributed by atoms with Gasteiger partial charge in [-0.25, -0.2) is 4.39 Å². The molecule has 3 aromatic carbocycles. The van der Waals surface area contributed by atoms with Crippen LogP contribution in [-0.2, 0) is 0 Å². The van der Waals surface area contributed by atoms with Gasteiger partial charge in [-0.15, -0.1) is 0 Å². The van der Waals surface area contributed by atoms with Gasteiger partial charge in [-0.05, 0) is 41.0 Å². The van der Waals surface area contributed by atoms with Gasteiger partial charge in [-0.1, -0.05) is 36.4 Å². The molecule has 0 saturated heterocycles. The summed E-state index contributed by atoms with van der Waals surface area (Å²) in [5.74, 6) is -0.314. The number of aromatic hydroxyl groups is 2. The largest absolute Gasteiger partial charge is 0.508 e. The van der Waals surface area contributed by atoms with Crippen LogP contribution < -0.4 is 0 Å². The quantitative estimate of drug-likeness (QED) is 0.721. The van der Waals surface area contributed by atoms with E-state index in [1.807, 2.05) is 36.4 Å². The molecule has 0 atom stereocenters. The molecule has 0 saturated carbocycles. The van der Waals surface area contributed by atoms with E-state index in [-0.39, 0.29) is 11.5 Å². The molecule has 0 aromatic heterocycles. The van der Waals surface area contributed by atoms with E-state index in [0.717, 1.165) is 22.8 Å². The lowest BCUT2D eigenvalue weighted by Gasteiger charge is -2.06. The van der Waals surface area contributed by atoms with Gasteiger partial charge in [0.1, 0.15) is 17.3 Å². The first kappa shape index (κ1) is 13.2. The third-order valence-electron chi connectivity index (χ3n) is 3.35. The minimum Gasteiger partial charge on any atom is -0.508 e. The summed E-state index contributed by atoms with van der Waals surface area (Å²) in [6, 6.07) is 18.5. The molecule has 0 aliphatic rings. The Morgan fingerprint density at radius 3 is 1.62 bits per heavy atom. The Kier molecular flexibility index (Phi) is 3.32. The molecule has 0 radical (unpaired) electrons. The van der Waals surface area contributed by atoms with Gasteiger partial charge in [0.25, 0.3) is 0 Å². The van der Waals surface area contributed by atoms with Crippen LogP contribution in [-0.4, -0.2) is 10.2 Å². The highest BCUT2D eigenvalue weighted by molar-refractivity contribution is 5.71. The lowest BCUT2D eigenvalue weighted by Crippen LogP contribution is -1.84. The van der Waals surface area contributed by atoms with Crippen molar-refractivity contribution in [2.24, 2.45) is 0 Å². The zero-order valence-corrected chi connectivity index (χ0v) is 11.1. The Balaban J connectivity index is 1.95. The highest BCUT2D eigenvalue weighted by Crippen LogP contribution is 2.28. The average Bonchev–Trinajstić information content (AvgIpc) is 2.48. The van der Waals surface area contributed by atoms with Gasteiger partial charge in [-0.3, -0.25) is 0 Å². The van der Waals surface area contributed by atoms with E-state index in [0.29, 0.717) is 5.56 Å². The van der Waals surface area contributed by atoms with Gasteiger partial charge in [-0.2, -0.15) is 0 Å². The first-order chi connectivity index (χ1) is 10.1. The van der Waals surface area contributed by atoms with E-state index < -0.39 is 5.82 Å². The van der Waals surface area contributed by atoms with Gasteiger partial charge in [0.15, 0.2) is 0 Å². The number of phenolic OH excluding ortho intramolecular Hbond substituents is 2. The summed E-state index contributed by atoms with van der Waals surface area (Å²) in [5.41, 5.74) is 3.16. The fourth-order valence-electron chi connectivity index (χ4n) is 2.23. The van der Waals surface area contributed by atoms with Crippen LogP contribution >= 0.6 is 0 Å². The second kappa shape index (κ2) is 5.29. The van der Waals surface area contributed by atoms with Crippen LogP contribution in [0.4, 0.5) is 4.39 Å². The standard InChI is InChI=1S/C18H13FO2/c19-18-11-16(21)9-10-17(18)14-3-1-12(2-4-14)13-5-7-15(20)8-6-13/h1-11,20-21H. The lowest BCUT2D eigenvalue weighted by atomic mass is 10.00. The average molecular weight is 280 g/mol. The van der Waals surface area contributed by atoms with Gasteiger partial charge in [0.05, 0.1) is 0 Å². The van der Waals surface area contributed by atoms with Crippen molar-refractivity contribution in [1.82, 2.24) is 0 Å². The normalized spacial score (nSPS) is 10.5. The summed E-state index contributed by atoms with van der Waals surface area (Å²) >= 11 is 0. The minimum absolute atomic E-state index is 0.0861. The van der Waals surface area contributed by atoms with Crippen molar-refractivity contribution in [3.8, 4) is 33.8 Å². The van der Waals surface area contributed by atoms with E-state index in [1.165, 1.54) is 6.07 Å². The number of halogens is 1. The summed E-state index contributed by atoms with van der Waals surface area (Å²) in [6.07, 6.45) is 0. The molecule has 0 fully saturated rings. The van der Waals surface area contributed by atoms with Crippen LogP contribution in [0, 0.1) is 5.82 Å². The van der Waals surface area contributed by atoms with Gasteiger partial charge in [0.2, 0.25) is 0 Å². The van der Waals surface area contributed by atoms with Crippen LogP contribution in [0.1, 0.15) is 0 Å². The van der Waals surface area contributed by atoms with Crippen molar-refractivity contribution in [2.45, 2.75) is 0 Å². The molecule has 21 heavy (non-hydrogen) atoms. The van der Waals surface area contributed by atoms with E-state index >= 15 is 0 Å². The molecule has 0 bridgehead atoms. The SMILES string of the molecule is Oc1ccc(-c2ccc(-c3ccc(O)cc3F)cc2)cc1. The number of phenols is 2. The van der Waals surface area contributed by atoms with Crippen LogP contribution in [0.2, 0.25) is 0 Å². The Bertz CT molecular complexity index is 762. The number of hydrogen-bond acceptors (Lipinski definition) is 2. The minimum atomic E-state index is -0.451. The van der Waals surface area contributed by atoms with Crippen molar-refractivity contribution in [3.63, 3.8) is 0 Å². The zero-order chi connectivity index (χ0) is 14.8. The molecule has 3 heteroatoms. The van der Waals surface area contributed by atoms with E-state index in [9.17, 15) is 14.6 Å². The fraction of sp³-hybridized carbons (Fsp3) is 0. The fourth-order valence-corrected chi connectivity index (χ4v) is 2.23. The molecular formula is C18H13FO2. The predicted octanol–water partition coefficient (Wildman–Crippen LogP) is 4.57. The molecule has 0 heterocycles. The predicted molar refractivity (Wildman–Crippen MR) is 80.6 cm³/mol. The van der Waals surface area contributed by atoms with E-state index in [4.69, 9.17) is 0 Å². The summed E-state index contributed by atoms with van der Waals surface area (Å²) in [4.78, 5) is 0. The summed E-state index contributed by atoms with van der Waals surface area (Å²) in [7, 11) is 0. The number of benzene rings is 3. The maximum absolute atomic E-state index is 13.8. The molecule has 0 amide bonds. The van der Waals surface area contributed by atoms with Crippen LogP contribution in [0.5, 0.6) is 11.5 Å². The topological polar surface area (TPSA) is 40.5 Å². The lowest BCUT2D eigenvalue weighted by molar-refractivity contribution is 0.469. The number of rotatable bonds is 2. The van der Waals surface area contributed by atoms with Crippen molar-refractivity contribution >= 4 is 0 Å². The highest BCUT2D eigenvalue weighted by Gasteiger charge is 2.06. The highest BCUT2D eigenvalue weighted by atomic mass is 19.1. The molecule has 0 aliphatic heterocycles. The smallest absolute Gasteiger partial charge is 0.134 e. The van der Waals surface area contributed by atoms with Crippen molar-refractivity contribution in [3.05, 3.63) is 72.5 Å². The van der Waals surface area contributed by atoms with Crippen molar-refractivity contribution in [2.75, 3.05) is 0 Å². The van der Waals surface area contributed by atoms with Gasteiger partial charge < -0.3 is 10.2 Å². The molecule has 3 rings (SSSR count). The Labute approximate surface area is 121 Å². The van der Waals surface area contributed by atoms with Crippen molar-refractivity contribution in [1.29, 1.82) is 0 Å². The van der Waals surface area contributed by atoms with Crippen molar-refractivity contribution < 1.29 is 14.6 Å². The van der Waals surface area contributed by atoms with Crippen LogP contribution in [0.3, 0.4) is 0 Å². The summed E-state index contributed by atoms with van der Waals surface area (Å²) < 4.78 is 13.8. The second-order valence-corrected chi connectivity index (χ2v) is 4.79. The van der Waals surface area contributed by atoms with Gasteiger partial charge >= 0.3 is 0 Å². The molecular weight excluding hydrogens is 267 g/mol. The van der Waals surface area contributed by atoms with Crippen LogP contribution in [0.25, 0.3) is 22.3 Å². The Morgan fingerprint density at radius 2 is 1.05 bits per heavy atom. The molecule has 3 aromatic rings. The molecule has 0 aliphatic carbocycles. The molecule has 2 nitrogen and oxygen atoms in total. The van der Waals surface area contributed by atoms with E-state index in [2.05, 4.69) is 0 Å². The molecule has 2 N–H and O–H groups in total. The molecule has 0 unspecified atom stereocenters. The third kappa shape index (κ3) is 2.72. The summed E-state index contributed by atoms with van der Waals surface area (Å²) in [5, 5.41) is 18.5. The Hall–Kier alpha value is -2.81. The van der Waals surface area contributed by atoms with E-state index in [1.54, 1.807) is 18.2 Å².